The van der Waals surface area contributed by atoms with Gasteiger partial charge in [0.2, 0.25) is 0 Å². The van der Waals surface area contributed by atoms with Gasteiger partial charge in [-0.3, -0.25) is 4.99 Å². The van der Waals surface area contributed by atoms with Gasteiger partial charge in [-0.15, -0.1) is 24.0 Å². The van der Waals surface area contributed by atoms with Gasteiger partial charge in [0.05, 0.1) is 12.7 Å². The van der Waals surface area contributed by atoms with Gasteiger partial charge >= 0.3 is 0 Å². The van der Waals surface area contributed by atoms with Gasteiger partial charge < -0.3 is 20.1 Å². The number of nitrogens with one attached hydrogen (secondary N) is 2. The SMILES string of the molecule is CN=C(NCCCOC1CCOC1)NCC(C)(C)c1cccc(C)c1.I. The second-order valence-electron chi connectivity index (χ2n) is 7.32. The number of rotatable bonds is 8. The molecule has 1 aliphatic heterocycles. The molecule has 2 rings (SSSR count). The molecule has 1 aromatic carbocycles. The average Bonchev–Trinajstić information content (AvgIpc) is 3.10. The highest BCUT2D eigenvalue weighted by Crippen LogP contribution is 2.22. The summed E-state index contributed by atoms with van der Waals surface area (Å²) in [6.07, 6.45) is 2.26. The molecule has 0 radical (unpaired) electrons. The molecule has 1 atom stereocenters. The molecule has 1 fully saturated rings. The number of aliphatic imine (C=N–C) groups is 1. The number of halogens is 1. The van der Waals surface area contributed by atoms with Crippen molar-refractivity contribution in [1.82, 2.24) is 10.6 Å². The summed E-state index contributed by atoms with van der Waals surface area (Å²) in [4.78, 5) is 4.31. The number of hydrogen-bond donors (Lipinski definition) is 2. The molecule has 26 heavy (non-hydrogen) atoms. The molecule has 0 spiro atoms. The third kappa shape index (κ3) is 7.80. The van der Waals surface area contributed by atoms with E-state index in [0.29, 0.717) is 0 Å². The normalized spacial score (nSPS) is 17.7. The highest BCUT2D eigenvalue weighted by atomic mass is 127. The zero-order valence-corrected chi connectivity index (χ0v) is 18.8. The van der Waals surface area contributed by atoms with Gasteiger partial charge in [-0.05, 0) is 25.3 Å². The molecule has 0 saturated carbocycles. The topological polar surface area (TPSA) is 54.9 Å². The predicted octanol–water partition coefficient (Wildman–Crippen LogP) is 3.25. The maximum atomic E-state index is 5.78. The Hall–Kier alpha value is -0.860. The van der Waals surface area contributed by atoms with Crippen LogP contribution >= 0.6 is 24.0 Å². The van der Waals surface area contributed by atoms with E-state index in [1.165, 1.54) is 11.1 Å². The first-order valence-corrected chi connectivity index (χ1v) is 9.22. The maximum absolute atomic E-state index is 5.78. The minimum atomic E-state index is 0. The van der Waals surface area contributed by atoms with Crippen molar-refractivity contribution in [3.8, 4) is 0 Å². The van der Waals surface area contributed by atoms with E-state index in [1.54, 1.807) is 7.05 Å². The van der Waals surface area contributed by atoms with Crippen LogP contribution in [0.4, 0.5) is 0 Å². The molecule has 1 heterocycles. The first-order valence-electron chi connectivity index (χ1n) is 9.22. The standard InChI is InChI=1S/C20H33N3O2.HI/c1-16-7-5-8-17(13-16)20(2,3)15-23-19(21-4)22-10-6-11-25-18-9-12-24-14-18;/h5,7-8,13,18H,6,9-12,14-15H2,1-4H3,(H2,21,22,23);1H. The Morgan fingerprint density at radius 2 is 2.15 bits per heavy atom. The first kappa shape index (κ1) is 23.2. The fourth-order valence-electron chi connectivity index (χ4n) is 2.87. The number of hydrogen-bond acceptors (Lipinski definition) is 3. The van der Waals surface area contributed by atoms with Crippen LogP contribution in [-0.4, -0.2) is 52.0 Å². The first-order chi connectivity index (χ1) is 12.0. The van der Waals surface area contributed by atoms with E-state index in [1.807, 2.05) is 0 Å². The van der Waals surface area contributed by atoms with Crippen molar-refractivity contribution in [1.29, 1.82) is 0 Å². The van der Waals surface area contributed by atoms with E-state index in [2.05, 4.69) is 60.7 Å². The van der Waals surface area contributed by atoms with Gasteiger partial charge in [0, 0.05) is 38.8 Å². The second-order valence-corrected chi connectivity index (χ2v) is 7.32. The maximum Gasteiger partial charge on any atom is 0.191 e. The summed E-state index contributed by atoms with van der Waals surface area (Å²) < 4.78 is 11.1. The summed E-state index contributed by atoms with van der Waals surface area (Å²) in [5.41, 5.74) is 2.67. The van der Waals surface area contributed by atoms with Gasteiger partial charge in [-0.25, -0.2) is 0 Å². The van der Waals surface area contributed by atoms with Crippen LogP contribution in [0.5, 0.6) is 0 Å². The third-order valence-electron chi connectivity index (χ3n) is 4.58. The van der Waals surface area contributed by atoms with E-state index in [0.717, 1.165) is 51.7 Å². The number of ether oxygens (including phenoxy) is 2. The lowest BCUT2D eigenvalue weighted by atomic mass is 9.84. The molecular weight excluding hydrogens is 441 g/mol. The van der Waals surface area contributed by atoms with E-state index in [9.17, 15) is 0 Å². The molecule has 5 nitrogen and oxygen atoms in total. The summed E-state index contributed by atoms with van der Waals surface area (Å²) in [7, 11) is 1.81. The highest BCUT2D eigenvalue weighted by molar-refractivity contribution is 14.0. The van der Waals surface area contributed by atoms with Crippen molar-refractivity contribution < 1.29 is 9.47 Å². The Bertz CT molecular complexity index is 558. The molecule has 0 amide bonds. The molecule has 1 unspecified atom stereocenters. The Morgan fingerprint density at radius 3 is 2.81 bits per heavy atom. The molecule has 1 saturated heterocycles. The van der Waals surface area contributed by atoms with Crippen LogP contribution in [0.25, 0.3) is 0 Å². The molecule has 6 heteroatoms. The Balaban J connectivity index is 0.00000338. The lowest BCUT2D eigenvalue weighted by Gasteiger charge is -2.27. The largest absolute Gasteiger partial charge is 0.379 e. The number of aryl methyl sites for hydroxylation is 1. The lowest BCUT2D eigenvalue weighted by Crippen LogP contribution is -2.43. The van der Waals surface area contributed by atoms with Gasteiger partial charge in [0.15, 0.2) is 5.96 Å². The quantitative estimate of drug-likeness (QED) is 0.262. The van der Waals surface area contributed by atoms with Gasteiger partial charge in [0.1, 0.15) is 0 Å². The second kappa shape index (κ2) is 11.8. The third-order valence-corrected chi connectivity index (χ3v) is 4.58. The van der Waals surface area contributed by atoms with Crippen LogP contribution in [0, 0.1) is 6.92 Å². The minimum Gasteiger partial charge on any atom is -0.379 e. The number of benzene rings is 1. The predicted molar refractivity (Wildman–Crippen MR) is 119 cm³/mol. The molecule has 0 bridgehead atoms. The Labute approximate surface area is 175 Å². The van der Waals surface area contributed by atoms with Crippen molar-refractivity contribution in [2.45, 2.75) is 45.1 Å². The van der Waals surface area contributed by atoms with Crippen LogP contribution in [0.15, 0.2) is 29.3 Å². The van der Waals surface area contributed by atoms with E-state index in [4.69, 9.17) is 9.47 Å². The van der Waals surface area contributed by atoms with Crippen molar-refractivity contribution in [2.75, 3.05) is 40.0 Å². The van der Waals surface area contributed by atoms with Crippen LogP contribution in [0.2, 0.25) is 0 Å². The van der Waals surface area contributed by atoms with Crippen LogP contribution < -0.4 is 10.6 Å². The Kier molecular flexibility index (Phi) is 10.5. The monoisotopic (exact) mass is 475 g/mol. The molecule has 1 aliphatic rings. The summed E-state index contributed by atoms with van der Waals surface area (Å²) in [6.45, 7) is 10.6. The van der Waals surface area contributed by atoms with Crippen molar-refractivity contribution >= 4 is 29.9 Å². The molecule has 0 aliphatic carbocycles. The van der Waals surface area contributed by atoms with Crippen LogP contribution in [0.3, 0.4) is 0 Å². The zero-order chi connectivity index (χ0) is 18.1. The number of guanidine groups is 1. The van der Waals surface area contributed by atoms with Crippen molar-refractivity contribution in [3.05, 3.63) is 35.4 Å². The van der Waals surface area contributed by atoms with Gasteiger partial charge in [-0.1, -0.05) is 43.7 Å². The van der Waals surface area contributed by atoms with Crippen LogP contribution in [-0.2, 0) is 14.9 Å². The average molecular weight is 475 g/mol. The smallest absolute Gasteiger partial charge is 0.191 e. The zero-order valence-electron chi connectivity index (χ0n) is 16.5. The summed E-state index contributed by atoms with van der Waals surface area (Å²) in [6, 6.07) is 8.69. The molecule has 0 aromatic heterocycles. The molecule has 2 N–H and O–H groups in total. The van der Waals surface area contributed by atoms with Crippen molar-refractivity contribution in [2.24, 2.45) is 4.99 Å². The van der Waals surface area contributed by atoms with Crippen molar-refractivity contribution in [3.63, 3.8) is 0 Å². The lowest BCUT2D eigenvalue weighted by molar-refractivity contribution is 0.0420. The molecular formula is C20H34IN3O2. The van der Waals surface area contributed by atoms with Crippen LogP contribution in [0.1, 0.15) is 37.8 Å². The number of nitrogens with zero attached hydrogens (tertiary/aromatic N) is 1. The highest BCUT2D eigenvalue weighted by Gasteiger charge is 2.21. The summed E-state index contributed by atoms with van der Waals surface area (Å²) in [5.74, 6) is 0.838. The van der Waals surface area contributed by atoms with Gasteiger partial charge in [-0.2, -0.15) is 0 Å². The molecule has 1 aromatic rings. The summed E-state index contributed by atoms with van der Waals surface area (Å²) in [5, 5.41) is 6.80. The summed E-state index contributed by atoms with van der Waals surface area (Å²) >= 11 is 0. The van der Waals surface area contributed by atoms with Gasteiger partial charge in [0.25, 0.3) is 0 Å². The van der Waals surface area contributed by atoms with E-state index >= 15 is 0 Å². The van der Waals surface area contributed by atoms with E-state index in [-0.39, 0.29) is 35.5 Å². The minimum absolute atomic E-state index is 0. The fourth-order valence-corrected chi connectivity index (χ4v) is 2.87. The molecule has 148 valence electrons. The fraction of sp³-hybridized carbons (Fsp3) is 0.650. The van der Waals surface area contributed by atoms with E-state index < -0.39 is 0 Å². The Morgan fingerprint density at radius 1 is 1.35 bits per heavy atom.